The number of para-hydroxylation sites is 1. The fourth-order valence-corrected chi connectivity index (χ4v) is 2.97. The van der Waals surface area contributed by atoms with Crippen molar-refractivity contribution >= 4 is 11.6 Å². The van der Waals surface area contributed by atoms with E-state index in [0.29, 0.717) is 5.92 Å². The second-order valence-corrected chi connectivity index (χ2v) is 5.64. The molecule has 5 nitrogen and oxygen atoms in total. The zero-order valence-electron chi connectivity index (χ0n) is 12.4. The Morgan fingerprint density at radius 3 is 2.95 bits per heavy atom. The van der Waals surface area contributed by atoms with Crippen molar-refractivity contribution in [2.24, 2.45) is 0 Å². The van der Waals surface area contributed by atoms with Crippen LogP contribution in [-0.4, -0.2) is 27.2 Å². The quantitative estimate of drug-likeness (QED) is 0.852. The molecule has 21 heavy (non-hydrogen) atoms. The summed E-state index contributed by atoms with van der Waals surface area (Å²) in [6, 6.07) is 7.88. The molecule has 1 aliphatic heterocycles. The molecule has 2 aromatic rings. The highest BCUT2D eigenvalue weighted by molar-refractivity contribution is 5.96. The summed E-state index contributed by atoms with van der Waals surface area (Å²) < 4.78 is 1.61. The van der Waals surface area contributed by atoms with E-state index in [1.807, 2.05) is 30.0 Å². The predicted octanol–water partition coefficient (Wildman–Crippen LogP) is 2.77. The van der Waals surface area contributed by atoms with Crippen LogP contribution in [0.1, 0.15) is 44.2 Å². The Balaban J connectivity index is 1.94. The summed E-state index contributed by atoms with van der Waals surface area (Å²) >= 11 is 0. The van der Waals surface area contributed by atoms with E-state index in [-0.39, 0.29) is 11.9 Å². The fraction of sp³-hybridized carbons (Fsp3) is 0.438. The third kappa shape index (κ3) is 2.55. The van der Waals surface area contributed by atoms with Gasteiger partial charge >= 0.3 is 0 Å². The van der Waals surface area contributed by atoms with Crippen LogP contribution >= 0.6 is 0 Å². The fourth-order valence-electron chi connectivity index (χ4n) is 2.97. The van der Waals surface area contributed by atoms with E-state index in [1.54, 1.807) is 11.0 Å². The first kappa shape index (κ1) is 13.8. The maximum Gasteiger partial charge on any atom is 0.251 e. The van der Waals surface area contributed by atoms with Crippen LogP contribution < -0.4 is 4.90 Å². The molecule has 2 heterocycles. The van der Waals surface area contributed by atoms with Gasteiger partial charge in [-0.25, -0.2) is 9.67 Å². The molecule has 1 aromatic heterocycles. The molecule has 0 aliphatic carbocycles. The highest BCUT2D eigenvalue weighted by Gasteiger charge is 2.28. The average Bonchev–Trinajstić information content (AvgIpc) is 2.99. The van der Waals surface area contributed by atoms with Crippen LogP contribution in [0, 0.1) is 0 Å². The number of carbonyl (C=O) groups excluding carboxylic acids is 1. The van der Waals surface area contributed by atoms with Crippen LogP contribution in [0.25, 0.3) is 0 Å². The van der Waals surface area contributed by atoms with Crippen LogP contribution in [0.2, 0.25) is 0 Å². The van der Waals surface area contributed by atoms with Gasteiger partial charge in [0.05, 0.1) is 0 Å². The molecular formula is C16H20N4O. The monoisotopic (exact) mass is 284 g/mol. The van der Waals surface area contributed by atoms with E-state index in [1.165, 1.54) is 11.9 Å². The van der Waals surface area contributed by atoms with Crippen LogP contribution in [-0.2, 0) is 4.79 Å². The summed E-state index contributed by atoms with van der Waals surface area (Å²) in [5.41, 5.74) is 2.30. The number of nitrogens with zero attached hydrogens (tertiary/aromatic N) is 4. The number of hydrogen-bond donors (Lipinski definition) is 0. The van der Waals surface area contributed by atoms with Crippen LogP contribution in [0.5, 0.6) is 0 Å². The molecule has 3 rings (SSSR count). The number of hydrogen-bond acceptors (Lipinski definition) is 3. The third-order valence-corrected chi connectivity index (χ3v) is 4.23. The Kier molecular flexibility index (Phi) is 3.73. The van der Waals surface area contributed by atoms with Gasteiger partial charge in [0.2, 0.25) is 0 Å². The van der Waals surface area contributed by atoms with Gasteiger partial charge in [0.1, 0.15) is 18.7 Å². The molecule has 0 saturated carbocycles. The van der Waals surface area contributed by atoms with Gasteiger partial charge in [0.25, 0.3) is 5.91 Å². The second-order valence-electron chi connectivity index (χ2n) is 5.64. The normalized spacial score (nSPS) is 19.7. The van der Waals surface area contributed by atoms with Crippen LogP contribution in [0.3, 0.4) is 0 Å². The van der Waals surface area contributed by atoms with Gasteiger partial charge in [0, 0.05) is 12.2 Å². The number of rotatable bonds is 2. The number of aromatic nitrogens is 3. The van der Waals surface area contributed by atoms with E-state index >= 15 is 0 Å². The zero-order chi connectivity index (χ0) is 14.8. The van der Waals surface area contributed by atoms with Gasteiger partial charge in [0.15, 0.2) is 0 Å². The van der Waals surface area contributed by atoms with Crippen molar-refractivity contribution in [3.63, 3.8) is 0 Å². The van der Waals surface area contributed by atoms with Crippen molar-refractivity contribution in [1.82, 2.24) is 14.8 Å². The van der Waals surface area contributed by atoms with E-state index < -0.39 is 0 Å². The van der Waals surface area contributed by atoms with Gasteiger partial charge in [-0.1, -0.05) is 25.1 Å². The Morgan fingerprint density at radius 2 is 2.19 bits per heavy atom. The van der Waals surface area contributed by atoms with E-state index in [4.69, 9.17) is 0 Å². The maximum absolute atomic E-state index is 12.9. The zero-order valence-corrected chi connectivity index (χ0v) is 12.4. The van der Waals surface area contributed by atoms with E-state index in [2.05, 4.69) is 23.1 Å². The number of fused-ring (bicyclic) bond motifs is 1. The lowest BCUT2D eigenvalue weighted by Crippen LogP contribution is -2.37. The first-order valence-electron chi connectivity index (χ1n) is 7.43. The Bertz CT molecular complexity index is 623. The second kappa shape index (κ2) is 5.68. The SMILES string of the molecule is C[C@H](C(=O)N1CCC[C@H](C)c2ccccc21)n1cncn1. The topological polar surface area (TPSA) is 51.0 Å². The Hall–Kier alpha value is -2.17. The van der Waals surface area contributed by atoms with Gasteiger partial charge in [-0.05, 0) is 37.3 Å². The molecule has 1 aromatic carbocycles. The summed E-state index contributed by atoms with van der Waals surface area (Å²) in [6.07, 6.45) is 5.18. The van der Waals surface area contributed by atoms with Crippen LogP contribution in [0.4, 0.5) is 5.69 Å². The molecule has 110 valence electrons. The smallest absolute Gasteiger partial charge is 0.251 e. The summed E-state index contributed by atoms with van der Waals surface area (Å²) in [6.45, 7) is 4.86. The van der Waals surface area contributed by atoms with Crippen LogP contribution in [0.15, 0.2) is 36.9 Å². The molecular weight excluding hydrogens is 264 g/mol. The van der Waals surface area contributed by atoms with E-state index in [9.17, 15) is 4.79 Å². The minimum atomic E-state index is -0.339. The van der Waals surface area contributed by atoms with Crippen molar-refractivity contribution in [3.8, 4) is 0 Å². The summed E-state index contributed by atoms with van der Waals surface area (Å²) in [5, 5.41) is 4.08. The highest BCUT2D eigenvalue weighted by Crippen LogP contribution is 2.34. The first-order valence-corrected chi connectivity index (χ1v) is 7.43. The first-order chi connectivity index (χ1) is 10.2. The molecule has 0 saturated heterocycles. The van der Waals surface area contributed by atoms with Gasteiger partial charge in [-0.2, -0.15) is 5.10 Å². The van der Waals surface area contributed by atoms with Crippen molar-refractivity contribution in [1.29, 1.82) is 0 Å². The lowest BCUT2D eigenvalue weighted by atomic mass is 9.96. The minimum Gasteiger partial charge on any atom is -0.310 e. The number of benzene rings is 1. The highest BCUT2D eigenvalue weighted by atomic mass is 16.2. The van der Waals surface area contributed by atoms with Crippen molar-refractivity contribution in [2.45, 2.75) is 38.6 Å². The minimum absolute atomic E-state index is 0.0713. The molecule has 1 amide bonds. The lowest BCUT2D eigenvalue weighted by molar-refractivity contribution is -0.121. The Labute approximate surface area is 124 Å². The molecule has 0 fully saturated rings. The molecule has 0 N–H and O–H groups in total. The van der Waals surface area contributed by atoms with Gasteiger partial charge in [-0.3, -0.25) is 4.79 Å². The van der Waals surface area contributed by atoms with Crippen molar-refractivity contribution in [3.05, 3.63) is 42.5 Å². The predicted molar refractivity (Wildman–Crippen MR) is 81.2 cm³/mol. The summed E-state index contributed by atoms with van der Waals surface area (Å²) in [4.78, 5) is 18.7. The third-order valence-electron chi connectivity index (χ3n) is 4.23. The van der Waals surface area contributed by atoms with Gasteiger partial charge in [-0.15, -0.1) is 0 Å². The Morgan fingerprint density at radius 1 is 1.38 bits per heavy atom. The summed E-state index contributed by atoms with van der Waals surface area (Å²) in [7, 11) is 0. The molecule has 0 spiro atoms. The molecule has 0 bridgehead atoms. The maximum atomic E-state index is 12.9. The van der Waals surface area contributed by atoms with Crippen molar-refractivity contribution < 1.29 is 4.79 Å². The van der Waals surface area contributed by atoms with E-state index in [0.717, 1.165) is 25.1 Å². The number of amides is 1. The lowest BCUT2D eigenvalue weighted by Gasteiger charge is -2.26. The number of anilines is 1. The average molecular weight is 284 g/mol. The largest absolute Gasteiger partial charge is 0.310 e. The summed E-state index contributed by atoms with van der Waals surface area (Å²) in [5.74, 6) is 0.558. The standard InChI is InChI=1S/C16H20N4O/c1-12-6-5-9-19(15-8-4-3-7-14(12)15)16(21)13(2)20-11-17-10-18-20/h3-4,7-8,10-13H,5-6,9H2,1-2H3/t12-,13+/m0/s1. The van der Waals surface area contributed by atoms with Crippen molar-refractivity contribution in [2.75, 3.05) is 11.4 Å². The molecule has 0 unspecified atom stereocenters. The molecule has 2 atom stereocenters. The molecule has 0 radical (unpaired) electrons. The number of carbonyl (C=O) groups is 1. The molecule has 5 heteroatoms. The molecule has 1 aliphatic rings. The van der Waals surface area contributed by atoms with Gasteiger partial charge < -0.3 is 4.90 Å².